The van der Waals surface area contributed by atoms with Crippen molar-refractivity contribution in [3.8, 4) is 0 Å². The smallest absolute Gasteiger partial charge is 0.252 e. The van der Waals surface area contributed by atoms with Crippen molar-refractivity contribution in [1.29, 1.82) is 0 Å². The Hall–Kier alpha value is 0.190. The molecule has 16 heavy (non-hydrogen) atoms. The van der Waals surface area contributed by atoms with Crippen molar-refractivity contribution >= 4 is 56.0 Å². The molecule has 0 aliphatic heterocycles. The van der Waals surface area contributed by atoms with E-state index in [1.54, 1.807) is 0 Å². The first kappa shape index (κ1) is 14.3. The Balaban J connectivity index is 2.83. The lowest BCUT2D eigenvalue weighted by Crippen LogP contribution is -2.35. The number of hydrogen-bond donors (Lipinski definition) is 1. The molecule has 1 aromatic rings. The van der Waals surface area contributed by atoms with Crippen molar-refractivity contribution in [2.75, 3.05) is 5.88 Å². The number of hydrogen-bond acceptors (Lipinski definition) is 1. The molecule has 1 amide bonds. The SMILES string of the molecule is CCC(CCl)NC(=O)c1cc(I)ccc1Br. The average molecular weight is 416 g/mol. The molecule has 0 radical (unpaired) electrons. The van der Waals surface area contributed by atoms with Crippen LogP contribution < -0.4 is 5.32 Å². The molecule has 0 aromatic heterocycles. The maximum Gasteiger partial charge on any atom is 0.252 e. The molecule has 0 heterocycles. The van der Waals surface area contributed by atoms with Gasteiger partial charge in [-0.1, -0.05) is 6.92 Å². The van der Waals surface area contributed by atoms with Crippen LogP contribution in [-0.2, 0) is 0 Å². The summed E-state index contributed by atoms with van der Waals surface area (Å²) in [6.07, 6.45) is 0.830. The van der Waals surface area contributed by atoms with Gasteiger partial charge < -0.3 is 5.32 Å². The maximum absolute atomic E-state index is 11.9. The zero-order valence-electron chi connectivity index (χ0n) is 8.77. The van der Waals surface area contributed by atoms with E-state index in [4.69, 9.17) is 11.6 Å². The summed E-state index contributed by atoms with van der Waals surface area (Å²) in [6, 6.07) is 5.69. The number of benzene rings is 1. The molecule has 1 rings (SSSR count). The van der Waals surface area contributed by atoms with Crippen LogP contribution in [0.25, 0.3) is 0 Å². The van der Waals surface area contributed by atoms with Crippen LogP contribution in [0.2, 0.25) is 0 Å². The Morgan fingerprint density at radius 1 is 1.62 bits per heavy atom. The van der Waals surface area contributed by atoms with Crippen LogP contribution in [0.1, 0.15) is 23.7 Å². The fourth-order valence-corrected chi connectivity index (χ4v) is 2.40. The molecule has 0 fully saturated rings. The molecule has 0 aliphatic carbocycles. The van der Waals surface area contributed by atoms with Crippen LogP contribution in [0.4, 0.5) is 0 Å². The first-order valence-corrected chi connectivity index (χ1v) is 7.31. The van der Waals surface area contributed by atoms with Gasteiger partial charge in [0.2, 0.25) is 0 Å². The van der Waals surface area contributed by atoms with Gasteiger partial charge in [-0.3, -0.25) is 4.79 Å². The second-order valence-electron chi connectivity index (χ2n) is 3.36. The van der Waals surface area contributed by atoms with Gasteiger partial charge >= 0.3 is 0 Å². The fraction of sp³-hybridized carbons (Fsp3) is 0.364. The Kier molecular flexibility index (Phi) is 6.07. The van der Waals surface area contributed by atoms with Crippen LogP contribution in [0.15, 0.2) is 22.7 Å². The van der Waals surface area contributed by atoms with E-state index in [0.29, 0.717) is 11.4 Å². The minimum Gasteiger partial charge on any atom is -0.348 e. The van der Waals surface area contributed by atoms with Crippen molar-refractivity contribution in [3.05, 3.63) is 31.8 Å². The number of alkyl halides is 1. The van der Waals surface area contributed by atoms with Crippen molar-refractivity contribution < 1.29 is 4.79 Å². The van der Waals surface area contributed by atoms with Crippen LogP contribution in [0.5, 0.6) is 0 Å². The maximum atomic E-state index is 11.9. The van der Waals surface area contributed by atoms with E-state index >= 15 is 0 Å². The number of carbonyl (C=O) groups is 1. The fourth-order valence-electron chi connectivity index (χ4n) is 1.18. The molecule has 0 spiro atoms. The van der Waals surface area contributed by atoms with Gasteiger partial charge in [-0.15, -0.1) is 11.6 Å². The number of rotatable bonds is 4. The third-order valence-corrected chi connectivity index (χ3v) is 3.92. The van der Waals surface area contributed by atoms with E-state index in [1.807, 2.05) is 25.1 Å². The third kappa shape index (κ3) is 3.89. The van der Waals surface area contributed by atoms with Crippen LogP contribution in [-0.4, -0.2) is 17.8 Å². The van der Waals surface area contributed by atoms with Gasteiger partial charge in [0.15, 0.2) is 0 Å². The van der Waals surface area contributed by atoms with Crippen molar-refractivity contribution in [1.82, 2.24) is 5.32 Å². The molecule has 1 N–H and O–H groups in total. The highest BCUT2D eigenvalue weighted by molar-refractivity contribution is 14.1. The van der Waals surface area contributed by atoms with E-state index in [1.165, 1.54) is 0 Å². The lowest BCUT2D eigenvalue weighted by molar-refractivity contribution is 0.0939. The Morgan fingerprint density at radius 2 is 2.31 bits per heavy atom. The second kappa shape index (κ2) is 6.81. The highest BCUT2D eigenvalue weighted by Gasteiger charge is 2.14. The van der Waals surface area contributed by atoms with E-state index in [9.17, 15) is 4.79 Å². The predicted octanol–water partition coefficient (Wildman–Crippen LogP) is 3.80. The summed E-state index contributed by atoms with van der Waals surface area (Å²) in [6.45, 7) is 2.00. The molecule has 1 unspecified atom stereocenters. The average Bonchev–Trinajstić information content (AvgIpc) is 2.28. The molecule has 5 heteroatoms. The summed E-state index contributed by atoms with van der Waals surface area (Å²) >= 11 is 11.3. The standard InChI is InChI=1S/C11H12BrClINO/c1-2-8(6-13)15-11(16)9-5-7(14)3-4-10(9)12/h3-5,8H,2,6H2,1H3,(H,15,16). The van der Waals surface area contributed by atoms with Gasteiger partial charge in [-0.05, 0) is 63.1 Å². The largest absolute Gasteiger partial charge is 0.348 e. The molecule has 0 saturated heterocycles. The van der Waals surface area contributed by atoms with E-state index in [0.717, 1.165) is 14.5 Å². The van der Waals surface area contributed by atoms with Gasteiger partial charge in [0, 0.05) is 20.0 Å². The van der Waals surface area contributed by atoms with Crippen molar-refractivity contribution in [3.63, 3.8) is 0 Å². The number of halogens is 3. The quantitative estimate of drug-likeness (QED) is 0.587. The summed E-state index contributed by atoms with van der Waals surface area (Å²) in [4.78, 5) is 11.9. The second-order valence-corrected chi connectivity index (χ2v) is 5.77. The lowest BCUT2D eigenvalue weighted by Gasteiger charge is -2.14. The molecule has 0 aliphatic rings. The molecule has 0 saturated carbocycles. The van der Waals surface area contributed by atoms with Crippen molar-refractivity contribution in [2.45, 2.75) is 19.4 Å². The number of carbonyl (C=O) groups excluding carboxylic acids is 1. The van der Waals surface area contributed by atoms with Gasteiger partial charge in [-0.2, -0.15) is 0 Å². The van der Waals surface area contributed by atoms with Gasteiger partial charge in [0.05, 0.1) is 5.56 Å². The minimum absolute atomic E-state index is 0.0268. The Bertz CT molecular complexity index is 382. The van der Waals surface area contributed by atoms with Crippen LogP contribution >= 0.6 is 50.1 Å². The Labute approximate surface area is 122 Å². The normalized spacial score (nSPS) is 12.2. The molecular formula is C11H12BrClINO. The molecule has 1 atom stereocenters. The lowest BCUT2D eigenvalue weighted by atomic mass is 10.2. The summed E-state index contributed by atoms with van der Waals surface area (Å²) in [5, 5.41) is 2.90. The third-order valence-electron chi connectivity index (χ3n) is 2.19. The zero-order valence-corrected chi connectivity index (χ0v) is 13.3. The van der Waals surface area contributed by atoms with E-state index in [-0.39, 0.29) is 11.9 Å². The highest BCUT2D eigenvalue weighted by Crippen LogP contribution is 2.19. The summed E-state index contributed by atoms with van der Waals surface area (Å²) < 4.78 is 1.83. The molecule has 88 valence electrons. The monoisotopic (exact) mass is 415 g/mol. The zero-order chi connectivity index (χ0) is 12.1. The number of amides is 1. The molecule has 1 aromatic carbocycles. The van der Waals surface area contributed by atoms with Gasteiger partial charge in [0.1, 0.15) is 0 Å². The molecular weight excluding hydrogens is 404 g/mol. The first-order valence-electron chi connectivity index (χ1n) is 4.90. The van der Waals surface area contributed by atoms with Crippen LogP contribution in [0.3, 0.4) is 0 Å². The minimum atomic E-state index is -0.0853. The first-order chi connectivity index (χ1) is 7.58. The topological polar surface area (TPSA) is 29.1 Å². The van der Waals surface area contributed by atoms with Crippen LogP contribution in [0, 0.1) is 3.57 Å². The van der Waals surface area contributed by atoms with E-state index < -0.39 is 0 Å². The van der Waals surface area contributed by atoms with Gasteiger partial charge in [0.25, 0.3) is 5.91 Å². The Morgan fingerprint density at radius 3 is 2.88 bits per heavy atom. The highest BCUT2D eigenvalue weighted by atomic mass is 127. The molecule has 2 nitrogen and oxygen atoms in total. The van der Waals surface area contributed by atoms with Crippen molar-refractivity contribution in [2.24, 2.45) is 0 Å². The summed E-state index contributed by atoms with van der Waals surface area (Å²) in [5.41, 5.74) is 0.649. The summed E-state index contributed by atoms with van der Waals surface area (Å²) in [5.74, 6) is 0.349. The predicted molar refractivity (Wildman–Crippen MR) is 79.1 cm³/mol. The molecule has 0 bridgehead atoms. The van der Waals surface area contributed by atoms with Gasteiger partial charge in [-0.25, -0.2) is 0 Å². The van der Waals surface area contributed by atoms with E-state index in [2.05, 4.69) is 43.8 Å². The number of nitrogens with one attached hydrogen (secondary N) is 1. The summed E-state index contributed by atoms with van der Waals surface area (Å²) in [7, 11) is 0.